The molecule has 1 heterocycles. The Labute approximate surface area is 115 Å². The molecule has 0 saturated carbocycles. The summed E-state index contributed by atoms with van der Waals surface area (Å²) in [6.07, 6.45) is 0.990. The van der Waals surface area contributed by atoms with E-state index in [0.29, 0.717) is 6.54 Å². The van der Waals surface area contributed by atoms with E-state index in [1.54, 1.807) is 13.8 Å². The molecule has 0 amide bonds. The highest BCUT2D eigenvalue weighted by Crippen LogP contribution is 2.21. The number of rotatable bonds is 5. The van der Waals surface area contributed by atoms with Crippen molar-refractivity contribution in [1.82, 2.24) is 14.8 Å². The molecule has 2 rings (SSSR count). The smallest absolute Gasteiger partial charge is 0.277 e. The van der Waals surface area contributed by atoms with Gasteiger partial charge in [0.05, 0.1) is 0 Å². The second-order valence-electron chi connectivity index (χ2n) is 5.08. The number of hydrogen-bond acceptors (Lipinski definition) is 3. The van der Waals surface area contributed by atoms with Crippen molar-refractivity contribution in [3.63, 3.8) is 0 Å². The normalized spacial score (nSPS) is 19.4. The van der Waals surface area contributed by atoms with Gasteiger partial charge in [0.2, 0.25) is 0 Å². The molecule has 0 fully saturated rings. The molecular formula is C13H21N3O2S. The first kappa shape index (κ1) is 14.5. The van der Waals surface area contributed by atoms with Crippen LogP contribution in [0.4, 0.5) is 0 Å². The Balaban J connectivity index is 2.02. The Morgan fingerprint density at radius 3 is 2.84 bits per heavy atom. The lowest BCUT2D eigenvalue weighted by Crippen LogP contribution is -2.45. The van der Waals surface area contributed by atoms with Crippen molar-refractivity contribution in [2.24, 2.45) is 0 Å². The van der Waals surface area contributed by atoms with Crippen LogP contribution in [-0.2, 0) is 16.6 Å². The summed E-state index contributed by atoms with van der Waals surface area (Å²) in [6.45, 7) is 4.83. The van der Waals surface area contributed by atoms with Crippen LogP contribution < -0.4 is 14.8 Å². The maximum Gasteiger partial charge on any atom is 0.277 e. The number of benzene rings is 1. The number of fused-ring (bicyclic) bond motifs is 1. The Bertz CT molecular complexity index is 528. The average molecular weight is 283 g/mol. The molecule has 1 aliphatic rings. The van der Waals surface area contributed by atoms with E-state index in [2.05, 4.69) is 26.9 Å². The van der Waals surface area contributed by atoms with Crippen LogP contribution in [0.5, 0.6) is 0 Å². The van der Waals surface area contributed by atoms with Crippen molar-refractivity contribution in [3.8, 4) is 0 Å². The van der Waals surface area contributed by atoms with Crippen LogP contribution in [0.25, 0.3) is 0 Å². The summed E-state index contributed by atoms with van der Waals surface area (Å²) in [4.78, 5) is 0. The Hall–Kier alpha value is -0.950. The second kappa shape index (κ2) is 6.00. The molecule has 1 aromatic rings. The van der Waals surface area contributed by atoms with Gasteiger partial charge in [0.25, 0.3) is 10.2 Å². The average Bonchev–Trinajstić information content (AvgIpc) is 2.35. The van der Waals surface area contributed by atoms with Gasteiger partial charge in [-0.1, -0.05) is 24.3 Å². The van der Waals surface area contributed by atoms with Gasteiger partial charge in [0, 0.05) is 18.6 Å². The van der Waals surface area contributed by atoms with Crippen molar-refractivity contribution >= 4 is 10.2 Å². The summed E-state index contributed by atoms with van der Waals surface area (Å²) in [5.41, 5.74) is 2.48. The molecule has 1 aliphatic heterocycles. The lowest BCUT2D eigenvalue weighted by molar-refractivity contribution is 0.486. The molecule has 1 aromatic carbocycles. The van der Waals surface area contributed by atoms with E-state index in [0.717, 1.165) is 13.0 Å². The molecule has 6 heteroatoms. The minimum Gasteiger partial charge on any atom is -0.308 e. The first-order chi connectivity index (χ1) is 8.98. The minimum absolute atomic E-state index is 0.0358. The summed E-state index contributed by atoms with van der Waals surface area (Å²) in [7, 11) is -3.42. The fourth-order valence-corrected chi connectivity index (χ4v) is 3.41. The van der Waals surface area contributed by atoms with E-state index >= 15 is 0 Å². The zero-order valence-corrected chi connectivity index (χ0v) is 12.1. The van der Waals surface area contributed by atoms with E-state index in [-0.39, 0.29) is 12.1 Å². The van der Waals surface area contributed by atoms with Crippen LogP contribution in [-0.4, -0.2) is 27.5 Å². The van der Waals surface area contributed by atoms with Gasteiger partial charge in [0.1, 0.15) is 0 Å². The molecule has 0 radical (unpaired) electrons. The predicted molar refractivity (Wildman–Crippen MR) is 76.1 cm³/mol. The molecule has 106 valence electrons. The highest BCUT2D eigenvalue weighted by Gasteiger charge is 2.21. The number of nitrogens with one attached hydrogen (secondary N) is 3. The van der Waals surface area contributed by atoms with Gasteiger partial charge in [-0.15, -0.1) is 0 Å². The van der Waals surface area contributed by atoms with Crippen molar-refractivity contribution in [1.29, 1.82) is 0 Å². The van der Waals surface area contributed by atoms with Gasteiger partial charge < -0.3 is 5.32 Å². The first-order valence-corrected chi connectivity index (χ1v) is 8.04. The molecular weight excluding hydrogens is 262 g/mol. The quantitative estimate of drug-likeness (QED) is 0.745. The third-order valence-corrected chi connectivity index (χ3v) is 4.41. The van der Waals surface area contributed by atoms with Gasteiger partial charge in [-0.25, -0.2) is 4.72 Å². The molecule has 1 unspecified atom stereocenters. The van der Waals surface area contributed by atoms with E-state index in [9.17, 15) is 8.42 Å². The predicted octanol–water partition coefficient (Wildman–Crippen LogP) is 0.706. The highest BCUT2D eigenvalue weighted by atomic mass is 32.2. The summed E-state index contributed by atoms with van der Waals surface area (Å²) in [6, 6.07) is 8.09. The molecule has 0 spiro atoms. The third kappa shape index (κ3) is 4.01. The van der Waals surface area contributed by atoms with E-state index < -0.39 is 10.2 Å². The molecule has 1 atom stereocenters. The Morgan fingerprint density at radius 1 is 1.37 bits per heavy atom. The topological polar surface area (TPSA) is 70.2 Å². The fraction of sp³-hybridized carbons (Fsp3) is 0.538. The molecule has 5 nitrogen and oxygen atoms in total. The SMILES string of the molecule is CC(C)NS(=O)(=O)NCC1NCCc2ccccc21. The lowest BCUT2D eigenvalue weighted by atomic mass is 9.95. The Kier molecular flexibility index (Phi) is 4.57. The van der Waals surface area contributed by atoms with Crippen LogP contribution in [0.2, 0.25) is 0 Å². The molecule has 0 aromatic heterocycles. The van der Waals surface area contributed by atoms with E-state index in [4.69, 9.17) is 0 Å². The van der Waals surface area contributed by atoms with Gasteiger partial charge in [-0.2, -0.15) is 13.1 Å². The standard InChI is InChI=1S/C13H21N3O2S/c1-10(2)16-19(17,18)15-9-13-12-6-4-3-5-11(12)7-8-14-13/h3-6,10,13-16H,7-9H2,1-2H3. The zero-order chi connectivity index (χ0) is 13.9. The molecule has 0 aliphatic carbocycles. The van der Waals surface area contributed by atoms with Crippen LogP contribution in [0, 0.1) is 0 Å². The van der Waals surface area contributed by atoms with Gasteiger partial charge in [-0.3, -0.25) is 0 Å². The van der Waals surface area contributed by atoms with Gasteiger partial charge in [0.15, 0.2) is 0 Å². The fourth-order valence-electron chi connectivity index (χ4n) is 2.32. The number of hydrogen-bond donors (Lipinski definition) is 3. The molecule has 0 saturated heterocycles. The lowest BCUT2D eigenvalue weighted by Gasteiger charge is -2.27. The molecule has 3 N–H and O–H groups in total. The summed E-state index contributed by atoms with van der Waals surface area (Å²) in [5.74, 6) is 0. The van der Waals surface area contributed by atoms with Gasteiger partial charge in [-0.05, 0) is 37.9 Å². The van der Waals surface area contributed by atoms with Crippen LogP contribution in [0.15, 0.2) is 24.3 Å². The molecule has 19 heavy (non-hydrogen) atoms. The summed E-state index contributed by atoms with van der Waals surface area (Å²) < 4.78 is 28.6. The van der Waals surface area contributed by atoms with Crippen molar-refractivity contribution in [3.05, 3.63) is 35.4 Å². The van der Waals surface area contributed by atoms with E-state index in [1.807, 2.05) is 12.1 Å². The van der Waals surface area contributed by atoms with Crippen LogP contribution in [0.1, 0.15) is 31.0 Å². The Morgan fingerprint density at radius 2 is 2.11 bits per heavy atom. The van der Waals surface area contributed by atoms with Crippen LogP contribution >= 0.6 is 0 Å². The van der Waals surface area contributed by atoms with E-state index in [1.165, 1.54) is 11.1 Å². The van der Waals surface area contributed by atoms with Crippen molar-refractivity contribution in [2.75, 3.05) is 13.1 Å². The van der Waals surface area contributed by atoms with Crippen molar-refractivity contribution < 1.29 is 8.42 Å². The zero-order valence-electron chi connectivity index (χ0n) is 11.3. The van der Waals surface area contributed by atoms with Crippen LogP contribution in [0.3, 0.4) is 0 Å². The van der Waals surface area contributed by atoms with Crippen molar-refractivity contribution in [2.45, 2.75) is 32.4 Å². The maximum absolute atomic E-state index is 11.7. The largest absolute Gasteiger partial charge is 0.308 e. The highest BCUT2D eigenvalue weighted by molar-refractivity contribution is 7.87. The first-order valence-electron chi connectivity index (χ1n) is 6.56. The maximum atomic E-state index is 11.7. The monoisotopic (exact) mass is 283 g/mol. The third-order valence-electron chi connectivity index (χ3n) is 3.08. The minimum atomic E-state index is -3.42. The summed E-state index contributed by atoms with van der Waals surface area (Å²) >= 11 is 0. The van der Waals surface area contributed by atoms with Gasteiger partial charge >= 0.3 is 0 Å². The summed E-state index contributed by atoms with van der Waals surface area (Å²) in [5, 5.41) is 3.35. The molecule has 0 bridgehead atoms. The second-order valence-corrected chi connectivity index (χ2v) is 6.61.